The molecule has 7 heteroatoms. The molecule has 0 amide bonds. The zero-order valence-electron chi connectivity index (χ0n) is 8.02. The average Bonchev–Trinajstić information content (AvgIpc) is 2.82. The quantitative estimate of drug-likeness (QED) is 0.707. The Morgan fingerprint density at radius 2 is 2.27 bits per heavy atom. The smallest absolute Gasteiger partial charge is 0.180 e. The largest absolute Gasteiger partial charge is 0.312 e. The Labute approximate surface area is 85.6 Å². The van der Waals surface area contributed by atoms with Crippen molar-refractivity contribution < 1.29 is 0 Å². The lowest BCUT2D eigenvalue weighted by atomic mass is 10.2. The molecule has 15 heavy (non-hydrogen) atoms. The van der Waals surface area contributed by atoms with E-state index < -0.39 is 0 Å². The second-order valence-corrected chi connectivity index (χ2v) is 2.90. The molecule has 0 spiro atoms. The summed E-state index contributed by atoms with van der Waals surface area (Å²) in [5.74, 6) is 0.549. The Kier molecular flexibility index (Phi) is 2.33. The average molecular weight is 202 g/mol. The summed E-state index contributed by atoms with van der Waals surface area (Å²) >= 11 is 0. The molecule has 0 radical (unpaired) electrons. The van der Waals surface area contributed by atoms with Crippen molar-refractivity contribution in [2.24, 2.45) is 0 Å². The molecular weight excluding hydrogens is 194 g/mol. The van der Waals surface area contributed by atoms with E-state index in [4.69, 9.17) is 6.57 Å². The van der Waals surface area contributed by atoms with E-state index in [0.717, 1.165) is 0 Å². The second kappa shape index (κ2) is 3.79. The van der Waals surface area contributed by atoms with Gasteiger partial charge in [0.1, 0.15) is 12.0 Å². The van der Waals surface area contributed by atoms with Crippen LogP contribution in [0.15, 0.2) is 18.5 Å². The summed E-state index contributed by atoms with van der Waals surface area (Å²) in [6.07, 6.45) is 1.44. The van der Waals surface area contributed by atoms with Crippen LogP contribution in [0.2, 0.25) is 0 Å². The molecule has 0 bridgehead atoms. The van der Waals surface area contributed by atoms with Gasteiger partial charge in [-0.15, -0.1) is 15.3 Å². The summed E-state index contributed by atoms with van der Waals surface area (Å²) in [6.45, 7) is 6.99. The highest BCUT2D eigenvalue weighted by atomic mass is 15.5. The zero-order valence-corrected chi connectivity index (χ0v) is 8.02. The molecule has 2 rings (SSSR count). The molecule has 1 atom stereocenters. The molecule has 74 valence electrons. The molecule has 0 N–H and O–H groups in total. The standard InChI is InChI=1S/C8H8N7/c1-6(9-2)7-3-4-8(12-11-7)15-5-10-13-14-15/h2-6H,1H3/q+1. The first kappa shape index (κ1) is 9.21. The second-order valence-electron chi connectivity index (χ2n) is 2.90. The summed E-state index contributed by atoms with van der Waals surface area (Å²) < 4.78 is 1.42. The lowest BCUT2D eigenvalue weighted by Crippen LogP contribution is -2.02. The maximum atomic E-state index is 5.16. The van der Waals surface area contributed by atoms with E-state index in [-0.39, 0.29) is 6.04 Å². The third-order valence-corrected chi connectivity index (χ3v) is 1.91. The van der Waals surface area contributed by atoms with Crippen molar-refractivity contribution in [2.75, 3.05) is 0 Å². The fourth-order valence-electron chi connectivity index (χ4n) is 1.02. The summed E-state index contributed by atoms with van der Waals surface area (Å²) in [6, 6.07) is 3.37. The number of aromatic nitrogens is 6. The molecule has 2 aromatic heterocycles. The Morgan fingerprint density at radius 3 is 2.80 bits per heavy atom. The van der Waals surface area contributed by atoms with E-state index in [1.165, 1.54) is 11.0 Å². The molecule has 0 aliphatic rings. The van der Waals surface area contributed by atoms with Gasteiger partial charge in [0, 0.05) is 6.92 Å². The highest BCUT2D eigenvalue weighted by Crippen LogP contribution is 2.12. The third kappa shape index (κ3) is 1.78. The van der Waals surface area contributed by atoms with Gasteiger partial charge in [-0.05, 0) is 22.6 Å². The number of hydrogen-bond acceptors (Lipinski definition) is 5. The first-order valence-electron chi connectivity index (χ1n) is 4.28. The number of hydrogen-bond donors (Lipinski definition) is 0. The van der Waals surface area contributed by atoms with Crippen LogP contribution in [0.4, 0.5) is 0 Å². The minimum Gasteiger partial charge on any atom is -0.180 e. The first-order chi connectivity index (χ1) is 7.31. The maximum absolute atomic E-state index is 5.16. The van der Waals surface area contributed by atoms with Crippen molar-refractivity contribution in [2.45, 2.75) is 13.0 Å². The minimum absolute atomic E-state index is 0.166. The Hall–Kier alpha value is -2.36. The molecule has 0 saturated heterocycles. The van der Waals surface area contributed by atoms with Crippen LogP contribution in [0.25, 0.3) is 10.7 Å². The van der Waals surface area contributed by atoms with Gasteiger partial charge in [0.2, 0.25) is 0 Å². The topological polar surface area (TPSA) is 73.7 Å². The predicted octanol–water partition coefficient (Wildman–Crippen LogP) is 0.476. The van der Waals surface area contributed by atoms with Gasteiger partial charge in [-0.3, -0.25) is 0 Å². The highest BCUT2D eigenvalue weighted by molar-refractivity contribution is 5.21. The van der Waals surface area contributed by atoms with E-state index in [2.05, 4.69) is 30.6 Å². The fraction of sp³-hybridized carbons (Fsp3) is 0.250. The summed E-state index contributed by atoms with van der Waals surface area (Å²) in [5.41, 5.74) is 0.703. The van der Waals surface area contributed by atoms with Crippen molar-refractivity contribution in [1.82, 2.24) is 30.4 Å². The molecule has 2 aromatic rings. The molecule has 7 nitrogen and oxygen atoms in total. The van der Waals surface area contributed by atoms with Gasteiger partial charge in [-0.1, -0.05) is 4.85 Å². The Balaban J connectivity index is 2.30. The van der Waals surface area contributed by atoms with Crippen LogP contribution in [0.3, 0.4) is 0 Å². The first-order valence-corrected chi connectivity index (χ1v) is 4.28. The van der Waals surface area contributed by atoms with Gasteiger partial charge in [0.05, 0.1) is 0 Å². The maximum Gasteiger partial charge on any atom is 0.312 e. The van der Waals surface area contributed by atoms with Crippen LogP contribution in [-0.4, -0.2) is 30.4 Å². The van der Waals surface area contributed by atoms with Crippen LogP contribution < -0.4 is 0 Å². The number of rotatable bonds is 2. The molecule has 0 aliphatic heterocycles. The number of nitrogens with zero attached hydrogens (tertiary/aromatic N) is 7. The highest BCUT2D eigenvalue weighted by Gasteiger charge is 2.14. The van der Waals surface area contributed by atoms with E-state index >= 15 is 0 Å². The number of tetrazole rings is 1. The van der Waals surface area contributed by atoms with Crippen LogP contribution in [0.5, 0.6) is 0 Å². The van der Waals surface area contributed by atoms with Crippen molar-refractivity contribution >= 4 is 0 Å². The molecule has 1 unspecified atom stereocenters. The van der Waals surface area contributed by atoms with Crippen LogP contribution in [0.1, 0.15) is 18.7 Å². The SMILES string of the molecule is C#[N+]C(C)c1ccc(-n2cnnn2)nn1. The molecule has 0 saturated carbocycles. The van der Waals surface area contributed by atoms with Crippen LogP contribution in [-0.2, 0) is 0 Å². The summed E-state index contributed by atoms with van der Waals surface area (Å²) in [4.78, 5) is 3.60. The molecule has 0 aliphatic carbocycles. The Bertz CT molecular complexity index is 467. The predicted molar refractivity (Wildman–Crippen MR) is 51.5 cm³/mol. The lowest BCUT2D eigenvalue weighted by Gasteiger charge is -1.97. The van der Waals surface area contributed by atoms with Crippen molar-refractivity contribution in [3.05, 3.63) is 29.0 Å². The normalized spacial score (nSPS) is 12.0. The van der Waals surface area contributed by atoms with Crippen molar-refractivity contribution in [1.29, 1.82) is 0 Å². The van der Waals surface area contributed by atoms with Gasteiger partial charge in [0.25, 0.3) is 6.57 Å². The molecular formula is C8H8N7+. The molecule has 0 fully saturated rings. The zero-order chi connectivity index (χ0) is 10.7. The summed E-state index contributed by atoms with van der Waals surface area (Å²) in [5, 5.41) is 18.6. The van der Waals surface area contributed by atoms with Crippen molar-refractivity contribution in [3.63, 3.8) is 0 Å². The van der Waals surface area contributed by atoms with Gasteiger partial charge >= 0.3 is 6.04 Å². The Morgan fingerprint density at radius 1 is 1.40 bits per heavy atom. The van der Waals surface area contributed by atoms with Gasteiger partial charge < -0.3 is 0 Å². The monoisotopic (exact) mass is 202 g/mol. The van der Waals surface area contributed by atoms with E-state index in [1.54, 1.807) is 12.1 Å². The van der Waals surface area contributed by atoms with E-state index in [1.807, 2.05) is 6.92 Å². The molecule has 2 heterocycles. The van der Waals surface area contributed by atoms with Gasteiger partial charge in [0.15, 0.2) is 5.82 Å². The van der Waals surface area contributed by atoms with Crippen LogP contribution >= 0.6 is 0 Å². The fourth-order valence-corrected chi connectivity index (χ4v) is 1.02. The van der Waals surface area contributed by atoms with E-state index in [9.17, 15) is 0 Å². The third-order valence-electron chi connectivity index (χ3n) is 1.91. The van der Waals surface area contributed by atoms with Gasteiger partial charge in [-0.25, -0.2) is 0 Å². The van der Waals surface area contributed by atoms with Crippen LogP contribution in [0, 0.1) is 6.57 Å². The van der Waals surface area contributed by atoms with Crippen molar-refractivity contribution in [3.8, 4) is 12.4 Å². The van der Waals surface area contributed by atoms with Gasteiger partial charge in [-0.2, -0.15) is 4.68 Å². The lowest BCUT2D eigenvalue weighted by molar-refractivity contribution is 0.740. The minimum atomic E-state index is -0.166. The molecule has 0 aromatic carbocycles. The van der Waals surface area contributed by atoms with E-state index in [0.29, 0.717) is 11.5 Å². The summed E-state index contributed by atoms with van der Waals surface area (Å²) in [7, 11) is 0.